The Bertz CT molecular complexity index is 570. The summed E-state index contributed by atoms with van der Waals surface area (Å²) in [5.74, 6) is -0.511. The molecule has 1 atom stereocenters. The summed E-state index contributed by atoms with van der Waals surface area (Å²) in [6.45, 7) is 3.74. The Kier molecular flexibility index (Phi) is 3.96. The fourth-order valence-electron chi connectivity index (χ4n) is 2.54. The Hall–Kier alpha value is -1.74. The number of rotatable bonds is 3. The zero-order valence-electron chi connectivity index (χ0n) is 11.3. The molecular formula is C16H17F2N. The predicted molar refractivity (Wildman–Crippen MR) is 73.2 cm³/mol. The summed E-state index contributed by atoms with van der Waals surface area (Å²) in [5, 5.41) is 3.17. The molecule has 0 saturated carbocycles. The van der Waals surface area contributed by atoms with Gasteiger partial charge in [-0.05, 0) is 67.4 Å². The summed E-state index contributed by atoms with van der Waals surface area (Å²) in [5.41, 5.74) is 3.55. The molecule has 0 spiro atoms. The van der Waals surface area contributed by atoms with Crippen molar-refractivity contribution in [3.8, 4) is 0 Å². The van der Waals surface area contributed by atoms with E-state index in [-0.39, 0.29) is 17.7 Å². The second kappa shape index (κ2) is 5.49. The zero-order chi connectivity index (χ0) is 14.0. The van der Waals surface area contributed by atoms with E-state index in [0.29, 0.717) is 0 Å². The van der Waals surface area contributed by atoms with Gasteiger partial charge in [-0.15, -0.1) is 0 Å². The highest BCUT2D eigenvalue weighted by molar-refractivity contribution is 5.42. The number of aryl methyl sites for hydroxylation is 2. The maximum atomic E-state index is 13.4. The van der Waals surface area contributed by atoms with Crippen molar-refractivity contribution in [2.24, 2.45) is 0 Å². The van der Waals surface area contributed by atoms with Crippen LogP contribution < -0.4 is 5.32 Å². The lowest BCUT2D eigenvalue weighted by Crippen LogP contribution is -2.20. The van der Waals surface area contributed by atoms with Crippen molar-refractivity contribution in [3.05, 3.63) is 70.3 Å². The molecule has 0 aliphatic heterocycles. The minimum atomic E-state index is -0.268. The minimum Gasteiger partial charge on any atom is -0.309 e. The molecule has 2 aromatic rings. The summed E-state index contributed by atoms with van der Waals surface area (Å²) < 4.78 is 26.7. The summed E-state index contributed by atoms with van der Waals surface area (Å²) in [4.78, 5) is 0. The van der Waals surface area contributed by atoms with Crippen LogP contribution in [0.4, 0.5) is 8.78 Å². The number of hydrogen-bond acceptors (Lipinski definition) is 1. The fraction of sp³-hybridized carbons (Fsp3) is 0.250. The van der Waals surface area contributed by atoms with E-state index in [9.17, 15) is 8.78 Å². The van der Waals surface area contributed by atoms with Crippen LogP contribution in [0.1, 0.15) is 28.3 Å². The van der Waals surface area contributed by atoms with Crippen LogP contribution in [0.25, 0.3) is 0 Å². The summed E-state index contributed by atoms with van der Waals surface area (Å²) in [7, 11) is 1.82. The quantitative estimate of drug-likeness (QED) is 0.883. The highest BCUT2D eigenvalue weighted by atomic mass is 19.1. The zero-order valence-corrected chi connectivity index (χ0v) is 11.3. The van der Waals surface area contributed by atoms with E-state index in [2.05, 4.69) is 5.32 Å². The topological polar surface area (TPSA) is 12.0 Å². The van der Waals surface area contributed by atoms with Gasteiger partial charge in [-0.25, -0.2) is 8.78 Å². The molecule has 0 amide bonds. The second-order valence-electron chi connectivity index (χ2n) is 4.73. The Morgan fingerprint density at radius 2 is 1.58 bits per heavy atom. The SMILES string of the molecule is CNC(c1cccc(F)c1)c1c(C)cc(F)cc1C. The van der Waals surface area contributed by atoms with E-state index in [1.807, 2.05) is 27.0 Å². The van der Waals surface area contributed by atoms with Crippen LogP contribution in [-0.4, -0.2) is 7.05 Å². The molecule has 1 N–H and O–H groups in total. The summed E-state index contributed by atoms with van der Waals surface area (Å²) in [6.07, 6.45) is 0. The molecule has 2 aromatic carbocycles. The molecule has 19 heavy (non-hydrogen) atoms. The molecule has 0 aliphatic rings. The van der Waals surface area contributed by atoms with Crippen LogP contribution in [0.15, 0.2) is 36.4 Å². The van der Waals surface area contributed by atoms with E-state index in [1.54, 1.807) is 6.07 Å². The lowest BCUT2D eigenvalue weighted by atomic mass is 9.91. The first-order valence-electron chi connectivity index (χ1n) is 6.22. The molecule has 0 heterocycles. The average molecular weight is 261 g/mol. The van der Waals surface area contributed by atoms with Crippen LogP contribution in [0, 0.1) is 25.5 Å². The molecule has 0 aromatic heterocycles. The van der Waals surface area contributed by atoms with Gasteiger partial charge in [0.1, 0.15) is 11.6 Å². The van der Waals surface area contributed by atoms with Crippen LogP contribution in [0.3, 0.4) is 0 Å². The standard InChI is InChI=1S/C16H17F2N/c1-10-7-14(18)8-11(2)15(10)16(19-3)12-5-4-6-13(17)9-12/h4-9,16,19H,1-3H3. The van der Waals surface area contributed by atoms with Gasteiger partial charge in [0.2, 0.25) is 0 Å². The maximum absolute atomic E-state index is 13.4. The summed E-state index contributed by atoms with van der Waals surface area (Å²) >= 11 is 0. The first-order chi connectivity index (χ1) is 9.02. The molecule has 100 valence electrons. The normalized spacial score (nSPS) is 12.5. The van der Waals surface area contributed by atoms with E-state index >= 15 is 0 Å². The van der Waals surface area contributed by atoms with E-state index in [4.69, 9.17) is 0 Å². The first kappa shape index (κ1) is 13.7. The second-order valence-corrected chi connectivity index (χ2v) is 4.73. The van der Waals surface area contributed by atoms with Crippen LogP contribution >= 0.6 is 0 Å². The van der Waals surface area contributed by atoms with Crippen molar-refractivity contribution in [1.29, 1.82) is 0 Å². The van der Waals surface area contributed by atoms with Crippen molar-refractivity contribution in [3.63, 3.8) is 0 Å². The van der Waals surface area contributed by atoms with Gasteiger partial charge in [-0.2, -0.15) is 0 Å². The molecule has 0 aliphatic carbocycles. The molecule has 1 nitrogen and oxygen atoms in total. The molecule has 3 heteroatoms. The first-order valence-corrected chi connectivity index (χ1v) is 6.22. The van der Waals surface area contributed by atoms with E-state index in [0.717, 1.165) is 22.3 Å². The van der Waals surface area contributed by atoms with Gasteiger partial charge in [0.25, 0.3) is 0 Å². The maximum Gasteiger partial charge on any atom is 0.123 e. The predicted octanol–water partition coefficient (Wildman–Crippen LogP) is 3.89. The van der Waals surface area contributed by atoms with Gasteiger partial charge in [0, 0.05) is 0 Å². The monoisotopic (exact) mass is 261 g/mol. The number of halogens is 2. The van der Waals surface area contributed by atoms with Gasteiger partial charge < -0.3 is 5.32 Å². The Balaban J connectivity index is 2.54. The molecule has 1 unspecified atom stereocenters. The highest BCUT2D eigenvalue weighted by Crippen LogP contribution is 2.28. The molecule has 0 saturated heterocycles. The molecule has 0 fully saturated rings. The van der Waals surface area contributed by atoms with Gasteiger partial charge in [0.15, 0.2) is 0 Å². The van der Waals surface area contributed by atoms with Gasteiger partial charge in [-0.3, -0.25) is 0 Å². The average Bonchev–Trinajstić information content (AvgIpc) is 2.33. The summed E-state index contributed by atoms with van der Waals surface area (Å²) in [6, 6.07) is 9.34. The van der Waals surface area contributed by atoms with Crippen LogP contribution in [-0.2, 0) is 0 Å². The molecule has 2 rings (SSSR count). The van der Waals surface area contributed by atoms with Gasteiger partial charge in [0.05, 0.1) is 6.04 Å². The molecular weight excluding hydrogens is 244 g/mol. The number of benzene rings is 2. The lowest BCUT2D eigenvalue weighted by molar-refractivity contribution is 0.609. The third-order valence-corrected chi connectivity index (χ3v) is 3.32. The lowest BCUT2D eigenvalue weighted by Gasteiger charge is -2.22. The van der Waals surface area contributed by atoms with Crippen molar-refractivity contribution in [2.75, 3.05) is 7.05 Å². The van der Waals surface area contributed by atoms with Crippen LogP contribution in [0.5, 0.6) is 0 Å². The van der Waals surface area contributed by atoms with Crippen molar-refractivity contribution in [1.82, 2.24) is 5.32 Å². The Morgan fingerprint density at radius 1 is 0.947 bits per heavy atom. The van der Waals surface area contributed by atoms with Crippen molar-refractivity contribution in [2.45, 2.75) is 19.9 Å². The third-order valence-electron chi connectivity index (χ3n) is 3.32. The number of nitrogens with one attached hydrogen (secondary N) is 1. The van der Waals surface area contributed by atoms with Crippen LogP contribution in [0.2, 0.25) is 0 Å². The Morgan fingerprint density at radius 3 is 2.11 bits per heavy atom. The third kappa shape index (κ3) is 2.82. The van der Waals surface area contributed by atoms with E-state index < -0.39 is 0 Å². The van der Waals surface area contributed by atoms with Gasteiger partial charge in [-0.1, -0.05) is 12.1 Å². The molecule has 0 radical (unpaired) electrons. The Labute approximate surface area is 112 Å². The number of hydrogen-bond donors (Lipinski definition) is 1. The van der Waals surface area contributed by atoms with Gasteiger partial charge >= 0.3 is 0 Å². The van der Waals surface area contributed by atoms with E-state index in [1.165, 1.54) is 24.3 Å². The largest absolute Gasteiger partial charge is 0.309 e. The van der Waals surface area contributed by atoms with Crippen molar-refractivity contribution >= 4 is 0 Å². The van der Waals surface area contributed by atoms with Crippen molar-refractivity contribution < 1.29 is 8.78 Å². The smallest absolute Gasteiger partial charge is 0.123 e. The molecule has 0 bridgehead atoms. The fourth-order valence-corrected chi connectivity index (χ4v) is 2.54. The minimum absolute atomic E-state index is 0.142. The highest BCUT2D eigenvalue weighted by Gasteiger charge is 2.17.